The smallest absolute Gasteiger partial charge is 0.416 e. The van der Waals surface area contributed by atoms with Crippen molar-refractivity contribution in [2.45, 2.75) is 63.0 Å². The Morgan fingerprint density at radius 1 is 1.02 bits per heavy atom. The number of rotatable bonds is 8. The van der Waals surface area contributed by atoms with Crippen molar-refractivity contribution in [3.63, 3.8) is 0 Å². The van der Waals surface area contributed by atoms with Crippen LogP contribution in [0.3, 0.4) is 0 Å². The molecular weight excluding hydrogens is 594 g/mol. The van der Waals surface area contributed by atoms with Gasteiger partial charge >= 0.3 is 12.4 Å². The van der Waals surface area contributed by atoms with Gasteiger partial charge in [-0.1, -0.05) is 35.0 Å². The molecule has 0 spiro atoms. The van der Waals surface area contributed by atoms with Crippen molar-refractivity contribution in [1.82, 2.24) is 10.6 Å². The Kier molecular flexibility index (Phi) is 9.13. The Morgan fingerprint density at radius 3 is 2.43 bits per heavy atom. The Balaban J connectivity index is 1.19. The molecule has 2 fully saturated rings. The third-order valence-electron chi connectivity index (χ3n) is 7.81. The van der Waals surface area contributed by atoms with Gasteiger partial charge in [0.15, 0.2) is 17.8 Å². The molecule has 1 atom stereocenters. The monoisotopic (exact) mass is 624 g/mol. The lowest BCUT2D eigenvalue weighted by Gasteiger charge is -2.27. The number of amides is 3. The molecule has 0 bridgehead atoms. The topological polar surface area (TPSA) is 105 Å². The number of carbonyl (C=O) groups is 2. The van der Waals surface area contributed by atoms with E-state index in [1.54, 1.807) is 24.3 Å². The minimum absolute atomic E-state index is 0.000564. The Morgan fingerprint density at radius 2 is 1.75 bits per heavy atom. The normalized spacial score (nSPS) is 21.0. The average molecular weight is 625 g/mol. The fourth-order valence-electron chi connectivity index (χ4n) is 5.66. The van der Waals surface area contributed by atoms with Crippen LogP contribution in [0.4, 0.5) is 48.4 Å². The Bertz CT molecular complexity index is 1450. The second-order valence-corrected chi connectivity index (χ2v) is 11.0. The largest absolute Gasteiger partial charge is 0.424 e. The summed E-state index contributed by atoms with van der Waals surface area (Å²) in [6, 6.07) is 10.7. The standard InChI is InChI=1S/C29H30F6N6O3/c30-28(31,32)17-36-21-8-6-18(7-9-21)15-40-16-25(44-39-40)38-27(43)37-22-12-20(29(33,34)35)13-23(14-22)41-11-10-24(26(41)42)19-4-2-1-3-5-19/h1-5,12-14,16,18,21,24,36H,6-11,15,17H2,(H-,37,38,39,43). The van der Waals surface area contributed by atoms with Crippen LogP contribution in [0.25, 0.3) is 5.32 Å². The van der Waals surface area contributed by atoms with E-state index >= 15 is 0 Å². The van der Waals surface area contributed by atoms with E-state index in [0.29, 0.717) is 38.6 Å². The molecule has 3 amide bonds. The summed E-state index contributed by atoms with van der Waals surface area (Å²) in [4.78, 5) is 27.0. The highest BCUT2D eigenvalue weighted by Gasteiger charge is 2.36. The van der Waals surface area contributed by atoms with Crippen LogP contribution in [0.5, 0.6) is 0 Å². The predicted molar refractivity (Wildman–Crippen MR) is 146 cm³/mol. The Labute approximate surface area is 248 Å². The van der Waals surface area contributed by atoms with Crippen LogP contribution in [0, 0.1) is 5.92 Å². The van der Waals surface area contributed by atoms with E-state index in [4.69, 9.17) is 4.52 Å². The van der Waals surface area contributed by atoms with Crippen LogP contribution in [-0.2, 0) is 17.5 Å². The first-order valence-electron chi connectivity index (χ1n) is 14.1. The van der Waals surface area contributed by atoms with Crippen LogP contribution in [0.1, 0.15) is 49.1 Å². The number of benzene rings is 2. The fraction of sp³-hybridized carbons (Fsp3) is 0.448. The number of hydrogen-bond acceptors (Lipinski definition) is 5. The van der Waals surface area contributed by atoms with Gasteiger partial charge in [0, 0.05) is 24.2 Å². The second kappa shape index (κ2) is 12.8. The molecular formula is C29H30F6N6O3. The summed E-state index contributed by atoms with van der Waals surface area (Å²) in [5, 5.41) is 12.4. The van der Waals surface area contributed by atoms with Gasteiger partial charge in [0.25, 0.3) is 0 Å². The molecule has 1 saturated carbocycles. The molecule has 9 nitrogen and oxygen atoms in total. The lowest BCUT2D eigenvalue weighted by atomic mass is 9.86. The van der Waals surface area contributed by atoms with Crippen molar-refractivity contribution in [2.24, 2.45) is 5.92 Å². The summed E-state index contributed by atoms with van der Waals surface area (Å²) in [6.45, 7) is -0.418. The lowest BCUT2D eigenvalue weighted by molar-refractivity contribution is -0.767. The van der Waals surface area contributed by atoms with Crippen LogP contribution in [0.2, 0.25) is 0 Å². The lowest BCUT2D eigenvalue weighted by Crippen LogP contribution is -2.43. The van der Waals surface area contributed by atoms with Gasteiger partial charge in [0.2, 0.25) is 18.0 Å². The molecule has 1 unspecified atom stereocenters. The van der Waals surface area contributed by atoms with Crippen LogP contribution >= 0.6 is 0 Å². The zero-order valence-corrected chi connectivity index (χ0v) is 23.4. The summed E-state index contributed by atoms with van der Waals surface area (Å²) in [5.41, 5.74) is -0.474. The van der Waals surface area contributed by atoms with Gasteiger partial charge in [-0.25, -0.2) is 0 Å². The van der Waals surface area contributed by atoms with E-state index in [1.807, 2.05) is 6.07 Å². The van der Waals surface area contributed by atoms with E-state index in [-0.39, 0.29) is 41.7 Å². The SMILES string of the molecule is O=C([N-]c1c[n+](CC2CCC(NCC(F)(F)F)CC2)no1)Nc1cc(N2CCC(c3ccccc3)C2=O)cc(C(F)(F)F)c1. The summed E-state index contributed by atoms with van der Waals surface area (Å²) in [5.74, 6) is -0.877. The van der Waals surface area contributed by atoms with Gasteiger partial charge in [-0.3, -0.25) is 9.59 Å². The minimum Gasteiger partial charge on any atom is -0.424 e. The molecule has 2 heterocycles. The third-order valence-corrected chi connectivity index (χ3v) is 7.81. The maximum absolute atomic E-state index is 13.7. The predicted octanol–water partition coefficient (Wildman–Crippen LogP) is 6.45. The first-order chi connectivity index (χ1) is 20.8. The first kappa shape index (κ1) is 31.3. The number of carbonyl (C=O) groups excluding carboxylic acids is 2. The molecule has 44 heavy (non-hydrogen) atoms. The molecule has 1 aliphatic heterocycles. The molecule has 1 aliphatic carbocycles. The molecule has 236 valence electrons. The number of halogens is 6. The van der Waals surface area contributed by atoms with Crippen LogP contribution in [-0.4, -0.2) is 42.5 Å². The number of alkyl halides is 6. The number of aromatic nitrogens is 2. The van der Waals surface area contributed by atoms with E-state index in [1.165, 1.54) is 21.8 Å². The van der Waals surface area contributed by atoms with E-state index in [0.717, 1.165) is 17.7 Å². The van der Waals surface area contributed by atoms with Crippen molar-refractivity contribution in [2.75, 3.05) is 23.3 Å². The zero-order chi connectivity index (χ0) is 31.5. The molecule has 2 N–H and O–H groups in total. The van der Waals surface area contributed by atoms with Crippen molar-refractivity contribution in [3.05, 3.63) is 71.2 Å². The number of nitrogens with one attached hydrogen (secondary N) is 2. The highest BCUT2D eigenvalue weighted by atomic mass is 19.4. The summed E-state index contributed by atoms with van der Waals surface area (Å²) in [7, 11) is 0. The molecule has 2 aromatic carbocycles. The number of hydrogen-bond donors (Lipinski definition) is 2. The van der Waals surface area contributed by atoms with E-state index in [2.05, 4.69) is 21.2 Å². The van der Waals surface area contributed by atoms with E-state index in [9.17, 15) is 35.9 Å². The fourth-order valence-corrected chi connectivity index (χ4v) is 5.66. The van der Waals surface area contributed by atoms with Crippen LogP contribution < -0.4 is 20.2 Å². The molecule has 3 aromatic rings. The summed E-state index contributed by atoms with van der Waals surface area (Å²) >= 11 is 0. The van der Waals surface area contributed by atoms with Gasteiger partial charge < -0.3 is 25.4 Å². The van der Waals surface area contributed by atoms with Crippen LogP contribution in [0.15, 0.2) is 59.3 Å². The van der Waals surface area contributed by atoms with Gasteiger partial charge in [-0.15, -0.1) is 0 Å². The molecule has 1 saturated heterocycles. The summed E-state index contributed by atoms with van der Waals surface area (Å²) < 4.78 is 85.0. The maximum atomic E-state index is 13.7. The van der Waals surface area contributed by atoms with Crippen molar-refractivity contribution in [3.8, 4) is 0 Å². The molecule has 1 aromatic heterocycles. The molecule has 15 heteroatoms. The van der Waals surface area contributed by atoms with Gasteiger partial charge in [0.05, 0.1) is 18.0 Å². The zero-order valence-electron chi connectivity index (χ0n) is 23.4. The maximum Gasteiger partial charge on any atom is 0.416 e. The van der Waals surface area contributed by atoms with Crippen molar-refractivity contribution >= 4 is 29.2 Å². The van der Waals surface area contributed by atoms with Gasteiger partial charge in [-0.05, 0) is 61.6 Å². The molecule has 5 rings (SSSR count). The molecule has 0 radical (unpaired) electrons. The number of anilines is 2. The first-order valence-corrected chi connectivity index (χ1v) is 14.1. The average Bonchev–Trinajstić information content (AvgIpc) is 3.57. The number of urea groups is 1. The van der Waals surface area contributed by atoms with Gasteiger partial charge in [-0.2, -0.15) is 26.3 Å². The number of nitrogens with zero attached hydrogens (tertiary/aromatic N) is 4. The highest BCUT2D eigenvalue weighted by Crippen LogP contribution is 2.38. The second-order valence-electron chi connectivity index (χ2n) is 11.0. The van der Waals surface area contributed by atoms with Crippen molar-refractivity contribution < 1.29 is 45.1 Å². The Hall–Kier alpha value is -4.14. The third kappa shape index (κ3) is 8.07. The highest BCUT2D eigenvalue weighted by molar-refractivity contribution is 6.04. The minimum atomic E-state index is -4.74. The summed E-state index contributed by atoms with van der Waals surface area (Å²) in [6.07, 6.45) is -4.71. The van der Waals surface area contributed by atoms with E-state index < -0.39 is 36.4 Å². The van der Waals surface area contributed by atoms with Crippen molar-refractivity contribution in [1.29, 1.82) is 0 Å². The molecule has 2 aliphatic rings. The quantitative estimate of drug-likeness (QED) is 0.222. The van der Waals surface area contributed by atoms with Gasteiger partial charge in [0.1, 0.15) is 0 Å².